The predicted molar refractivity (Wildman–Crippen MR) is 154 cm³/mol. The number of fused-ring (bicyclic) bond motifs is 1. The highest BCUT2D eigenvalue weighted by Gasteiger charge is 2.17. The molecule has 1 saturated heterocycles. The Balaban J connectivity index is 1.38. The second-order valence-electron chi connectivity index (χ2n) is 9.40. The van der Waals surface area contributed by atoms with E-state index >= 15 is 0 Å². The quantitative estimate of drug-likeness (QED) is 0.264. The van der Waals surface area contributed by atoms with Crippen LogP contribution in [0.2, 0.25) is 0 Å². The monoisotopic (exact) mass is 527 g/mol. The normalized spacial score (nSPS) is 14.2. The number of hydrogen-bond acceptors (Lipinski definition) is 8. The molecule has 2 aromatic carbocycles. The number of rotatable bonds is 10. The SMILES string of the molecule is C=CC(=O)Nc1cc(Nc2cc(-c3c[nH]c4ccccc34)ncn2)c(OC)cc1OCCN1CCN(C)CC1. The van der Waals surface area contributed by atoms with Crippen LogP contribution < -0.4 is 20.1 Å². The van der Waals surface area contributed by atoms with E-state index in [1.807, 2.05) is 30.5 Å². The lowest BCUT2D eigenvalue weighted by Crippen LogP contribution is -2.45. The number of nitrogens with one attached hydrogen (secondary N) is 3. The van der Waals surface area contributed by atoms with Crippen molar-refractivity contribution in [3.63, 3.8) is 0 Å². The lowest BCUT2D eigenvalue weighted by atomic mass is 10.1. The number of anilines is 3. The van der Waals surface area contributed by atoms with Crippen molar-refractivity contribution in [3.05, 3.63) is 67.6 Å². The van der Waals surface area contributed by atoms with Crippen molar-refractivity contribution in [1.82, 2.24) is 24.8 Å². The summed E-state index contributed by atoms with van der Waals surface area (Å²) >= 11 is 0. The first kappa shape index (κ1) is 26.2. The molecule has 1 aliphatic rings. The molecular formula is C29H33N7O3. The zero-order valence-electron chi connectivity index (χ0n) is 22.2. The second kappa shape index (κ2) is 12.0. The molecule has 4 aromatic rings. The molecule has 0 aliphatic carbocycles. The van der Waals surface area contributed by atoms with Gasteiger partial charge in [-0.15, -0.1) is 0 Å². The van der Waals surface area contributed by atoms with Crippen LogP contribution in [-0.2, 0) is 4.79 Å². The number of amides is 1. The molecule has 0 atom stereocenters. The van der Waals surface area contributed by atoms with Crippen LogP contribution >= 0.6 is 0 Å². The lowest BCUT2D eigenvalue weighted by molar-refractivity contribution is -0.111. The third-order valence-electron chi connectivity index (χ3n) is 6.80. The van der Waals surface area contributed by atoms with Gasteiger partial charge in [-0.25, -0.2) is 9.97 Å². The van der Waals surface area contributed by atoms with Crippen LogP contribution in [0.4, 0.5) is 17.2 Å². The summed E-state index contributed by atoms with van der Waals surface area (Å²) in [6, 6.07) is 13.5. The van der Waals surface area contributed by atoms with Crippen LogP contribution in [0.15, 0.2) is 67.6 Å². The van der Waals surface area contributed by atoms with Crippen LogP contribution in [0.1, 0.15) is 0 Å². The number of aromatic nitrogens is 3. The Morgan fingerprint density at radius 2 is 1.92 bits per heavy atom. The van der Waals surface area contributed by atoms with Crippen molar-refractivity contribution in [2.75, 3.05) is 64.1 Å². The molecule has 1 fully saturated rings. The number of likely N-dealkylation sites (N-methyl/N-ethyl adjacent to an activating group) is 1. The smallest absolute Gasteiger partial charge is 0.247 e. The molecule has 10 nitrogen and oxygen atoms in total. The zero-order valence-corrected chi connectivity index (χ0v) is 22.2. The van der Waals surface area contributed by atoms with E-state index in [0.717, 1.165) is 54.9 Å². The van der Waals surface area contributed by atoms with Crippen molar-refractivity contribution in [1.29, 1.82) is 0 Å². The van der Waals surface area contributed by atoms with Crippen molar-refractivity contribution in [3.8, 4) is 22.8 Å². The Labute approximate surface area is 227 Å². The molecule has 0 radical (unpaired) electrons. The van der Waals surface area contributed by atoms with Gasteiger partial charge in [-0.3, -0.25) is 9.69 Å². The van der Waals surface area contributed by atoms with Crippen molar-refractivity contribution in [2.24, 2.45) is 0 Å². The van der Waals surface area contributed by atoms with E-state index in [1.54, 1.807) is 19.2 Å². The Bertz CT molecular complexity index is 1460. The molecule has 0 unspecified atom stereocenters. The predicted octanol–water partition coefficient (Wildman–Crippen LogP) is 4.13. The Hall–Kier alpha value is -4.41. The maximum Gasteiger partial charge on any atom is 0.247 e. The first-order chi connectivity index (χ1) is 19.0. The van der Waals surface area contributed by atoms with Gasteiger partial charge in [0, 0.05) is 67.5 Å². The Kier molecular flexibility index (Phi) is 8.04. The largest absolute Gasteiger partial charge is 0.494 e. The van der Waals surface area contributed by atoms with Gasteiger partial charge in [0.1, 0.15) is 30.3 Å². The fraction of sp³-hybridized carbons (Fsp3) is 0.276. The van der Waals surface area contributed by atoms with E-state index in [9.17, 15) is 4.79 Å². The molecule has 1 amide bonds. The number of carbonyl (C=O) groups is 1. The molecule has 2 aromatic heterocycles. The highest BCUT2D eigenvalue weighted by Crippen LogP contribution is 2.38. The lowest BCUT2D eigenvalue weighted by Gasteiger charge is -2.32. The van der Waals surface area contributed by atoms with Crippen LogP contribution in [0, 0.1) is 0 Å². The van der Waals surface area contributed by atoms with Gasteiger partial charge in [0.2, 0.25) is 5.91 Å². The number of para-hydroxylation sites is 1. The number of methoxy groups -OCH3 is 1. The summed E-state index contributed by atoms with van der Waals surface area (Å²) in [4.78, 5) is 29.1. The highest BCUT2D eigenvalue weighted by atomic mass is 16.5. The maximum atomic E-state index is 12.2. The van der Waals surface area contributed by atoms with E-state index in [1.165, 1.54) is 12.4 Å². The molecule has 0 bridgehead atoms. The first-order valence-corrected chi connectivity index (χ1v) is 12.9. The van der Waals surface area contributed by atoms with Crippen molar-refractivity contribution < 1.29 is 14.3 Å². The van der Waals surface area contributed by atoms with Gasteiger partial charge in [-0.1, -0.05) is 24.8 Å². The molecule has 10 heteroatoms. The van der Waals surface area contributed by atoms with Gasteiger partial charge >= 0.3 is 0 Å². The number of ether oxygens (including phenoxy) is 2. The number of H-pyrrole nitrogens is 1. The van der Waals surface area contributed by atoms with E-state index in [2.05, 4.69) is 55.1 Å². The van der Waals surface area contributed by atoms with Gasteiger partial charge in [-0.05, 0) is 25.3 Å². The number of carbonyl (C=O) groups excluding carboxylic acids is 1. The molecule has 202 valence electrons. The summed E-state index contributed by atoms with van der Waals surface area (Å²) in [5.41, 5.74) is 3.91. The third-order valence-corrected chi connectivity index (χ3v) is 6.80. The second-order valence-corrected chi connectivity index (χ2v) is 9.40. The molecule has 3 N–H and O–H groups in total. The van der Waals surface area contributed by atoms with E-state index in [0.29, 0.717) is 35.3 Å². The Morgan fingerprint density at radius 3 is 2.72 bits per heavy atom. The molecular weight excluding hydrogens is 494 g/mol. The highest BCUT2D eigenvalue weighted by molar-refractivity contribution is 6.00. The number of hydrogen-bond donors (Lipinski definition) is 3. The fourth-order valence-corrected chi connectivity index (χ4v) is 4.58. The van der Waals surface area contributed by atoms with Gasteiger partial charge in [-0.2, -0.15) is 0 Å². The average molecular weight is 528 g/mol. The van der Waals surface area contributed by atoms with Crippen LogP contribution in [0.3, 0.4) is 0 Å². The molecule has 0 saturated carbocycles. The van der Waals surface area contributed by atoms with Crippen molar-refractivity contribution in [2.45, 2.75) is 0 Å². The van der Waals surface area contributed by atoms with Gasteiger partial charge < -0.3 is 30.0 Å². The van der Waals surface area contributed by atoms with Crippen molar-refractivity contribution >= 4 is 34.0 Å². The van der Waals surface area contributed by atoms with Gasteiger partial charge in [0.05, 0.1) is 24.2 Å². The third kappa shape index (κ3) is 6.19. The van der Waals surface area contributed by atoms with E-state index in [4.69, 9.17) is 9.47 Å². The summed E-state index contributed by atoms with van der Waals surface area (Å²) in [7, 11) is 3.72. The number of benzene rings is 2. The summed E-state index contributed by atoms with van der Waals surface area (Å²) in [6.07, 6.45) is 4.68. The minimum Gasteiger partial charge on any atom is -0.494 e. The minimum atomic E-state index is -0.335. The summed E-state index contributed by atoms with van der Waals surface area (Å²) in [6.45, 7) is 8.94. The zero-order chi connectivity index (χ0) is 27.2. The van der Waals surface area contributed by atoms with Gasteiger partial charge in [0.25, 0.3) is 0 Å². The fourth-order valence-electron chi connectivity index (χ4n) is 4.58. The summed E-state index contributed by atoms with van der Waals surface area (Å²) in [5, 5.41) is 7.24. The summed E-state index contributed by atoms with van der Waals surface area (Å²) < 4.78 is 11.8. The van der Waals surface area contributed by atoms with Crippen LogP contribution in [0.25, 0.3) is 22.2 Å². The molecule has 5 rings (SSSR count). The molecule has 39 heavy (non-hydrogen) atoms. The number of aromatic amines is 1. The molecule has 0 spiro atoms. The summed E-state index contributed by atoms with van der Waals surface area (Å²) in [5.74, 6) is 1.31. The molecule has 1 aliphatic heterocycles. The number of piperazine rings is 1. The van der Waals surface area contributed by atoms with E-state index in [-0.39, 0.29) is 5.91 Å². The Morgan fingerprint density at radius 1 is 1.10 bits per heavy atom. The van der Waals surface area contributed by atoms with Gasteiger partial charge in [0.15, 0.2) is 0 Å². The average Bonchev–Trinajstić information content (AvgIpc) is 3.39. The molecule has 3 heterocycles. The first-order valence-electron chi connectivity index (χ1n) is 12.9. The van der Waals surface area contributed by atoms with Crippen LogP contribution in [0.5, 0.6) is 11.5 Å². The van der Waals surface area contributed by atoms with E-state index < -0.39 is 0 Å². The van der Waals surface area contributed by atoms with Crippen LogP contribution in [-0.4, -0.2) is 84.1 Å². The minimum absolute atomic E-state index is 0.335. The maximum absolute atomic E-state index is 12.2. The number of nitrogens with zero attached hydrogens (tertiary/aromatic N) is 4. The standard InChI is InChI=1S/C29H33N7O3/c1-4-29(37)34-25-15-24(26(38-3)17-27(25)39-14-13-36-11-9-35(2)10-12-36)33-28-16-23(31-19-32-28)21-18-30-22-8-6-5-7-20(21)22/h4-8,15-19,30H,1,9-14H2,2-3H3,(H,34,37)(H,31,32,33). The topological polar surface area (TPSA) is 108 Å².